The number of alkyl halides is 3. The Morgan fingerprint density at radius 1 is 1.25 bits per heavy atom. The number of hydrogen-bond donors (Lipinski definition) is 2. The monoisotopic (exact) mass is 368 g/mol. The summed E-state index contributed by atoms with van der Waals surface area (Å²) < 4.78 is 67.5. The molecular weight excluding hydrogens is 348 g/mol. The van der Waals surface area contributed by atoms with Crippen molar-refractivity contribution >= 4 is 23.0 Å². The number of carbonyl (C=O) groups excluding carboxylic acids is 1. The summed E-state index contributed by atoms with van der Waals surface area (Å²) in [6.07, 6.45) is -4.71. The van der Waals surface area contributed by atoms with Crippen molar-refractivity contribution in [2.24, 2.45) is 0 Å². The lowest BCUT2D eigenvalue weighted by Gasteiger charge is -2.27. The molecule has 0 aromatic heterocycles. The molecule has 4 nitrogen and oxygen atoms in total. The third-order valence-corrected chi connectivity index (χ3v) is 4.73. The van der Waals surface area contributed by atoms with E-state index in [1.165, 1.54) is 6.92 Å². The van der Waals surface area contributed by atoms with Crippen LogP contribution in [0.25, 0.3) is 0 Å². The van der Waals surface area contributed by atoms with Crippen LogP contribution in [-0.4, -0.2) is 15.2 Å². The van der Waals surface area contributed by atoms with Crippen LogP contribution in [0, 0.1) is 5.82 Å². The number of anilines is 1. The van der Waals surface area contributed by atoms with Crippen LogP contribution in [0.4, 0.5) is 23.2 Å². The van der Waals surface area contributed by atoms with Crippen LogP contribution in [-0.2, 0) is 22.3 Å². The number of amides is 1. The highest BCUT2D eigenvalue weighted by Gasteiger charge is 2.35. The molecule has 0 aliphatic heterocycles. The second-order valence-corrected chi connectivity index (χ2v) is 8.32. The number of benzene rings is 1. The van der Waals surface area contributed by atoms with E-state index in [-0.39, 0.29) is 5.56 Å². The second-order valence-electron chi connectivity index (χ2n) is 6.33. The average molecular weight is 368 g/mol. The van der Waals surface area contributed by atoms with Gasteiger partial charge in [0.05, 0.1) is 17.3 Å². The largest absolute Gasteiger partial charge is 0.598 e. The van der Waals surface area contributed by atoms with Gasteiger partial charge in [0, 0.05) is 23.8 Å². The molecule has 1 amide bonds. The van der Waals surface area contributed by atoms with Gasteiger partial charge in [-0.3, -0.25) is 4.79 Å². The van der Waals surface area contributed by atoms with Crippen LogP contribution in [0.1, 0.15) is 51.8 Å². The molecular formula is C15H20F4N2O2S. The number of rotatable bonds is 4. The lowest BCUT2D eigenvalue weighted by molar-refractivity contribution is -0.137. The Bertz CT molecular complexity index is 615. The maximum atomic E-state index is 14.5. The lowest BCUT2D eigenvalue weighted by atomic mass is 10.0. The van der Waals surface area contributed by atoms with Gasteiger partial charge in [0.15, 0.2) is 5.82 Å². The first-order chi connectivity index (χ1) is 10.7. The van der Waals surface area contributed by atoms with E-state index < -0.39 is 51.3 Å². The minimum absolute atomic E-state index is 0.328. The van der Waals surface area contributed by atoms with E-state index >= 15 is 0 Å². The maximum Gasteiger partial charge on any atom is 0.416 e. The number of halogens is 4. The molecule has 0 radical (unpaired) electrons. The molecule has 1 rings (SSSR count). The highest BCUT2D eigenvalue weighted by Crippen LogP contribution is 2.35. The van der Waals surface area contributed by atoms with E-state index in [0.29, 0.717) is 12.1 Å². The van der Waals surface area contributed by atoms with E-state index in [9.17, 15) is 26.9 Å². The lowest BCUT2D eigenvalue weighted by Crippen LogP contribution is -2.40. The molecule has 9 heteroatoms. The van der Waals surface area contributed by atoms with Gasteiger partial charge < -0.3 is 9.87 Å². The summed E-state index contributed by atoms with van der Waals surface area (Å²) in [6.45, 7) is 7.49. The van der Waals surface area contributed by atoms with Crippen molar-refractivity contribution in [2.45, 2.75) is 51.6 Å². The van der Waals surface area contributed by atoms with Crippen LogP contribution >= 0.6 is 0 Å². The number of hydrogen-bond acceptors (Lipinski definition) is 3. The van der Waals surface area contributed by atoms with Gasteiger partial charge >= 0.3 is 6.18 Å². The number of carbonyl (C=O) groups is 1. The Kier molecular flexibility index (Phi) is 6.29. The van der Waals surface area contributed by atoms with Crippen molar-refractivity contribution in [3.05, 3.63) is 29.1 Å². The van der Waals surface area contributed by atoms with E-state index in [1.54, 1.807) is 20.8 Å². The summed E-state index contributed by atoms with van der Waals surface area (Å²) in [5, 5.41) is 2.05. The molecule has 0 saturated carbocycles. The van der Waals surface area contributed by atoms with E-state index in [4.69, 9.17) is 0 Å². The van der Waals surface area contributed by atoms with Crippen LogP contribution < -0.4 is 10.0 Å². The molecule has 0 aliphatic rings. The fourth-order valence-electron chi connectivity index (χ4n) is 1.81. The predicted molar refractivity (Wildman–Crippen MR) is 85.2 cm³/mol. The molecule has 1 aromatic rings. The Hall–Kier alpha value is -1.32. The highest BCUT2D eigenvalue weighted by atomic mass is 32.2. The van der Waals surface area contributed by atoms with Crippen molar-refractivity contribution in [3.63, 3.8) is 0 Å². The third-order valence-electron chi connectivity index (χ3n) is 3.05. The van der Waals surface area contributed by atoms with Crippen LogP contribution in [0.5, 0.6) is 0 Å². The molecule has 0 heterocycles. The molecule has 1 aromatic carbocycles. The Morgan fingerprint density at radius 3 is 2.21 bits per heavy atom. The van der Waals surface area contributed by atoms with Gasteiger partial charge in [-0.05, 0) is 39.8 Å². The van der Waals surface area contributed by atoms with Crippen molar-refractivity contribution in [1.29, 1.82) is 0 Å². The topological polar surface area (TPSA) is 64.2 Å². The zero-order chi connectivity index (χ0) is 18.9. The quantitative estimate of drug-likeness (QED) is 0.625. The highest BCUT2D eigenvalue weighted by molar-refractivity contribution is 7.90. The van der Waals surface area contributed by atoms with Gasteiger partial charge in [-0.15, -0.1) is 4.72 Å². The summed E-state index contributed by atoms with van der Waals surface area (Å²) in [7, 11) is 0. The van der Waals surface area contributed by atoms with Crippen molar-refractivity contribution in [1.82, 2.24) is 4.72 Å². The van der Waals surface area contributed by atoms with E-state index in [2.05, 4.69) is 4.72 Å². The van der Waals surface area contributed by atoms with Gasteiger partial charge in [-0.1, -0.05) is 0 Å². The molecule has 136 valence electrons. The number of nitrogens with one attached hydrogen (secondary N) is 2. The van der Waals surface area contributed by atoms with Gasteiger partial charge in [0.25, 0.3) is 0 Å². The fourth-order valence-corrected chi connectivity index (χ4v) is 2.61. The first-order valence-electron chi connectivity index (χ1n) is 7.09. The molecule has 2 unspecified atom stereocenters. The molecule has 0 fully saturated rings. The van der Waals surface area contributed by atoms with E-state index in [1.807, 2.05) is 5.32 Å². The predicted octanol–water partition coefficient (Wildman–Crippen LogP) is 3.92. The minimum atomic E-state index is -4.71. The molecule has 0 aliphatic carbocycles. The van der Waals surface area contributed by atoms with Crippen molar-refractivity contribution < 1.29 is 26.9 Å². The normalized spacial score (nSPS) is 15.1. The minimum Gasteiger partial charge on any atom is -0.598 e. The Morgan fingerprint density at radius 2 is 1.79 bits per heavy atom. The third kappa shape index (κ3) is 5.35. The first kappa shape index (κ1) is 20.7. The maximum absolute atomic E-state index is 14.5. The van der Waals surface area contributed by atoms with Crippen LogP contribution in [0.3, 0.4) is 0 Å². The molecule has 0 bridgehead atoms. The van der Waals surface area contributed by atoms with Crippen LogP contribution in [0.2, 0.25) is 0 Å². The second kappa shape index (κ2) is 7.28. The Labute approximate surface area is 141 Å². The molecule has 2 atom stereocenters. The average Bonchev–Trinajstić information content (AvgIpc) is 2.37. The fraction of sp³-hybridized carbons (Fsp3) is 0.533. The van der Waals surface area contributed by atoms with Gasteiger partial charge in [0.2, 0.25) is 5.91 Å². The Balaban J connectivity index is 3.32. The standard InChI is InChI=1S/C15H20F4N2O2S/c1-8(21-24(23)14(3,4)5)11-6-10(15(17,18)19)7-12(13(11)16)20-9(2)22/h6-8,21H,1-5H3,(H,20,22). The SMILES string of the molecule is CC(=O)Nc1cc(C(F)(F)F)cc(C(C)N[S+]([O-])C(C)(C)C)c1F. The summed E-state index contributed by atoms with van der Waals surface area (Å²) >= 11 is -1.61. The molecule has 0 saturated heterocycles. The summed E-state index contributed by atoms with van der Waals surface area (Å²) in [5.74, 6) is -1.69. The summed E-state index contributed by atoms with van der Waals surface area (Å²) in [4.78, 5) is 11.1. The molecule has 24 heavy (non-hydrogen) atoms. The van der Waals surface area contributed by atoms with Crippen LogP contribution in [0.15, 0.2) is 12.1 Å². The molecule has 2 N–H and O–H groups in total. The zero-order valence-corrected chi connectivity index (χ0v) is 14.8. The van der Waals surface area contributed by atoms with Gasteiger partial charge in [-0.25, -0.2) is 4.39 Å². The molecule has 0 spiro atoms. The van der Waals surface area contributed by atoms with E-state index in [0.717, 1.165) is 6.92 Å². The first-order valence-corrected chi connectivity index (χ1v) is 8.24. The zero-order valence-electron chi connectivity index (χ0n) is 14.0. The van der Waals surface area contributed by atoms with Crippen molar-refractivity contribution in [2.75, 3.05) is 5.32 Å². The van der Waals surface area contributed by atoms with Gasteiger partial charge in [0.1, 0.15) is 4.75 Å². The smallest absolute Gasteiger partial charge is 0.416 e. The van der Waals surface area contributed by atoms with Gasteiger partial charge in [-0.2, -0.15) is 13.2 Å². The summed E-state index contributed by atoms with van der Waals surface area (Å²) in [5.41, 5.74) is -1.99. The van der Waals surface area contributed by atoms with Crippen molar-refractivity contribution in [3.8, 4) is 0 Å². The summed E-state index contributed by atoms with van der Waals surface area (Å²) in [6, 6.07) is 0.228.